The van der Waals surface area contributed by atoms with Crippen LogP contribution in [-0.4, -0.2) is 115 Å². The summed E-state index contributed by atoms with van der Waals surface area (Å²) >= 11 is 6.39. The van der Waals surface area contributed by atoms with E-state index >= 15 is 0 Å². The van der Waals surface area contributed by atoms with Crippen molar-refractivity contribution in [1.82, 2.24) is 20.0 Å². The van der Waals surface area contributed by atoms with Crippen LogP contribution in [0.25, 0.3) is 4.85 Å². The number of benzene rings is 3. The third kappa shape index (κ3) is 6.64. The van der Waals surface area contributed by atoms with Gasteiger partial charge in [-0.05, 0) is 92.1 Å². The summed E-state index contributed by atoms with van der Waals surface area (Å²) in [5.41, 5.74) is 6.31. The van der Waals surface area contributed by atoms with Gasteiger partial charge in [0, 0.05) is 117 Å². The number of hydrogen-bond acceptors (Lipinski definition) is 8. The van der Waals surface area contributed by atoms with Crippen LogP contribution in [0.4, 0.5) is 22.7 Å². The van der Waals surface area contributed by atoms with Gasteiger partial charge in [0.05, 0.1) is 6.57 Å². The molecule has 2 atom stereocenters. The Labute approximate surface area is 332 Å². The lowest BCUT2D eigenvalue weighted by molar-refractivity contribution is -0.136. The molecule has 4 amide bonds. The van der Waals surface area contributed by atoms with Crippen LogP contribution in [0.5, 0.6) is 0 Å². The lowest BCUT2D eigenvalue weighted by Crippen LogP contribution is -2.63. The normalized spacial score (nSPS) is 24.0. The Morgan fingerprint density at radius 1 is 0.857 bits per heavy atom. The van der Waals surface area contributed by atoms with E-state index in [-0.39, 0.29) is 29.6 Å². The second-order valence-corrected chi connectivity index (χ2v) is 17.0. The molecule has 12 nitrogen and oxygen atoms in total. The predicted octanol–water partition coefficient (Wildman–Crippen LogP) is 5.18. The maximum absolute atomic E-state index is 13.6. The SMILES string of the molecule is [C-]#[N+]c1ccc(N2CC3(CCN(c4ccc(C(=O)N5CCN(C6CN(c7ccc8c(c7)C(=O)N(C7CCC(=O)NC7=O)C8)C6)CC5)cc4)CC3)CC2C)cc1Cl. The first-order valence-electron chi connectivity index (χ1n) is 19.9. The summed E-state index contributed by atoms with van der Waals surface area (Å²) in [6.07, 6.45) is 3.98. The molecule has 5 saturated heterocycles. The average Bonchev–Trinajstić information content (AvgIpc) is 3.69. The number of carbonyl (C=O) groups is 4. The van der Waals surface area contributed by atoms with Crippen molar-refractivity contribution in [3.63, 3.8) is 0 Å². The molecule has 3 aromatic rings. The fourth-order valence-electron chi connectivity index (χ4n) is 9.96. The number of piperazine rings is 1. The molecule has 13 heteroatoms. The molecule has 1 N–H and O–H groups in total. The number of carbonyl (C=O) groups excluding carboxylic acids is 4. The van der Waals surface area contributed by atoms with E-state index in [4.69, 9.17) is 18.2 Å². The molecule has 0 aromatic heterocycles. The average molecular weight is 775 g/mol. The van der Waals surface area contributed by atoms with Crippen molar-refractivity contribution in [2.24, 2.45) is 5.41 Å². The molecule has 2 unspecified atom stereocenters. The monoisotopic (exact) mass is 774 g/mol. The molecule has 0 bridgehead atoms. The topological polar surface area (TPSA) is 104 Å². The van der Waals surface area contributed by atoms with E-state index in [1.54, 1.807) is 4.90 Å². The number of hydrogen-bond donors (Lipinski definition) is 1. The zero-order chi connectivity index (χ0) is 38.7. The summed E-state index contributed by atoms with van der Waals surface area (Å²) in [6, 6.07) is 20.2. The quantitative estimate of drug-likeness (QED) is 0.270. The van der Waals surface area contributed by atoms with Gasteiger partial charge in [-0.1, -0.05) is 23.7 Å². The molecule has 6 heterocycles. The summed E-state index contributed by atoms with van der Waals surface area (Å²) in [5, 5.41) is 2.88. The third-order valence-corrected chi connectivity index (χ3v) is 13.6. The first kappa shape index (κ1) is 36.5. The van der Waals surface area contributed by atoms with Crippen LogP contribution < -0.4 is 20.0 Å². The molecule has 0 aliphatic carbocycles. The number of fused-ring (bicyclic) bond motifs is 1. The molecule has 56 heavy (non-hydrogen) atoms. The largest absolute Gasteiger partial charge is 0.371 e. The standard InChI is InChI=1S/C43H47ClN8O4/c1-28-23-43(27-52(28)33-9-10-37(45-2)36(44)22-33)13-15-47(16-14-43)31-6-3-29(4-7-31)41(55)49-19-17-48(18-20-49)34-25-50(26-34)32-8-5-30-24-51(42(56)35(30)21-32)38-11-12-39(53)46-40(38)54/h3-10,21-22,28,34,38H,11-20,23-27H2,1H3,(H,46,53,54). The predicted molar refractivity (Wildman–Crippen MR) is 215 cm³/mol. The minimum absolute atomic E-state index is 0.0859. The highest BCUT2D eigenvalue weighted by Gasteiger charge is 2.45. The van der Waals surface area contributed by atoms with Crippen LogP contribution in [0.15, 0.2) is 60.7 Å². The molecule has 0 radical (unpaired) electrons. The molecule has 290 valence electrons. The summed E-state index contributed by atoms with van der Waals surface area (Å²) < 4.78 is 0. The number of amides is 4. The number of piperidine rings is 2. The summed E-state index contributed by atoms with van der Waals surface area (Å²) in [4.78, 5) is 67.6. The van der Waals surface area contributed by atoms with E-state index in [1.807, 2.05) is 47.4 Å². The van der Waals surface area contributed by atoms with E-state index in [2.05, 4.69) is 54.9 Å². The van der Waals surface area contributed by atoms with Crippen molar-refractivity contribution < 1.29 is 19.2 Å². The molecule has 5 fully saturated rings. The first-order chi connectivity index (χ1) is 27.1. The lowest BCUT2D eigenvalue weighted by Gasteiger charge is -2.49. The van der Waals surface area contributed by atoms with Crippen molar-refractivity contribution in [1.29, 1.82) is 0 Å². The van der Waals surface area contributed by atoms with Gasteiger partial charge in [0.15, 0.2) is 0 Å². The molecule has 0 saturated carbocycles. The highest BCUT2D eigenvalue weighted by Crippen LogP contribution is 2.46. The Kier molecular flexibility index (Phi) is 9.41. The minimum Gasteiger partial charge on any atom is -0.371 e. The molecule has 6 aliphatic rings. The van der Waals surface area contributed by atoms with Crippen LogP contribution >= 0.6 is 11.6 Å². The number of anilines is 3. The van der Waals surface area contributed by atoms with E-state index < -0.39 is 11.9 Å². The van der Waals surface area contributed by atoms with Crippen LogP contribution in [0, 0.1) is 12.0 Å². The van der Waals surface area contributed by atoms with Crippen molar-refractivity contribution >= 4 is 58.0 Å². The third-order valence-electron chi connectivity index (χ3n) is 13.3. The zero-order valence-electron chi connectivity index (χ0n) is 31.8. The van der Waals surface area contributed by atoms with Crippen LogP contribution in [0.1, 0.15) is 65.3 Å². The smallest absolute Gasteiger partial charge is 0.255 e. The highest BCUT2D eigenvalue weighted by molar-refractivity contribution is 6.33. The molecule has 3 aromatic carbocycles. The highest BCUT2D eigenvalue weighted by atomic mass is 35.5. The van der Waals surface area contributed by atoms with Crippen LogP contribution in [0.2, 0.25) is 5.02 Å². The lowest BCUT2D eigenvalue weighted by atomic mass is 9.76. The van der Waals surface area contributed by atoms with Gasteiger partial charge in [0.1, 0.15) is 6.04 Å². The van der Waals surface area contributed by atoms with Gasteiger partial charge in [-0.15, -0.1) is 0 Å². The fourth-order valence-corrected chi connectivity index (χ4v) is 10.2. The Morgan fingerprint density at radius 2 is 1.57 bits per heavy atom. The van der Waals surface area contributed by atoms with E-state index in [9.17, 15) is 19.2 Å². The van der Waals surface area contributed by atoms with Crippen molar-refractivity contribution in [3.8, 4) is 0 Å². The number of rotatable bonds is 6. The van der Waals surface area contributed by atoms with Crippen LogP contribution in [0.3, 0.4) is 0 Å². The zero-order valence-corrected chi connectivity index (χ0v) is 32.5. The molecule has 6 aliphatic heterocycles. The number of imide groups is 1. The van der Waals surface area contributed by atoms with Gasteiger partial charge < -0.3 is 24.5 Å². The first-order valence-corrected chi connectivity index (χ1v) is 20.3. The summed E-state index contributed by atoms with van der Waals surface area (Å²) in [5.74, 6) is -0.740. The van der Waals surface area contributed by atoms with Crippen LogP contribution in [-0.2, 0) is 16.1 Å². The summed E-state index contributed by atoms with van der Waals surface area (Å²) in [6.45, 7) is 17.7. The molecule has 1 spiro atoms. The number of nitrogens with one attached hydrogen (secondary N) is 1. The number of nitrogens with zero attached hydrogens (tertiary/aromatic N) is 7. The Hall–Kier alpha value is -5.12. The van der Waals surface area contributed by atoms with Gasteiger partial charge in [-0.25, -0.2) is 4.85 Å². The van der Waals surface area contributed by atoms with Gasteiger partial charge in [0.25, 0.3) is 11.8 Å². The number of halogens is 1. The Morgan fingerprint density at radius 3 is 2.27 bits per heavy atom. The molecular formula is C43H47ClN8O4. The van der Waals surface area contributed by atoms with Gasteiger partial charge in [-0.2, -0.15) is 0 Å². The maximum Gasteiger partial charge on any atom is 0.255 e. The second-order valence-electron chi connectivity index (χ2n) is 16.6. The second kappa shape index (κ2) is 14.4. The van der Waals surface area contributed by atoms with Crippen molar-refractivity contribution in [2.75, 3.05) is 73.6 Å². The van der Waals surface area contributed by atoms with Gasteiger partial charge in [0.2, 0.25) is 17.5 Å². The van der Waals surface area contributed by atoms with E-state index in [0.29, 0.717) is 54.4 Å². The van der Waals surface area contributed by atoms with Crippen molar-refractivity contribution in [2.45, 2.75) is 63.7 Å². The fraction of sp³-hybridized carbons (Fsp3) is 0.465. The summed E-state index contributed by atoms with van der Waals surface area (Å²) in [7, 11) is 0. The minimum atomic E-state index is -0.610. The van der Waals surface area contributed by atoms with Gasteiger partial charge in [-0.3, -0.25) is 29.4 Å². The molecular weight excluding hydrogens is 728 g/mol. The Balaban J connectivity index is 0.734. The Bertz CT molecular complexity index is 2110. The van der Waals surface area contributed by atoms with E-state index in [1.165, 1.54) is 5.69 Å². The van der Waals surface area contributed by atoms with Gasteiger partial charge >= 0.3 is 0 Å². The maximum atomic E-state index is 13.6. The molecule has 9 rings (SSSR count). The van der Waals surface area contributed by atoms with E-state index in [0.717, 1.165) is 87.6 Å². The van der Waals surface area contributed by atoms with Crippen molar-refractivity contribution in [3.05, 3.63) is 93.8 Å².